The molecule has 1 amide bonds. The molecular formula is C14H13N3O4. The van der Waals surface area contributed by atoms with Gasteiger partial charge in [-0.3, -0.25) is 9.59 Å². The number of ketones is 1. The van der Waals surface area contributed by atoms with Crippen LogP contribution in [0.5, 0.6) is 5.75 Å². The van der Waals surface area contributed by atoms with Crippen LogP contribution in [0.3, 0.4) is 0 Å². The van der Waals surface area contributed by atoms with E-state index in [-0.39, 0.29) is 24.7 Å². The highest BCUT2D eigenvalue weighted by atomic mass is 16.6. The van der Waals surface area contributed by atoms with Crippen molar-refractivity contribution in [3.05, 3.63) is 41.2 Å². The van der Waals surface area contributed by atoms with Gasteiger partial charge in [-0.05, 0) is 19.1 Å². The Hall–Kier alpha value is -2.70. The Bertz CT molecular complexity index is 695. The van der Waals surface area contributed by atoms with Gasteiger partial charge in [-0.15, -0.1) is 0 Å². The zero-order valence-electron chi connectivity index (χ0n) is 11.3. The summed E-state index contributed by atoms with van der Waals surface area (Å²) in [7, 11) is 0. The van der Waals surface area contributed by atoms with Gasteiger partial charge in [0.2, 0.25) is 5.91 Å². The number of nitrogens with zero attached hydrogens (tertiary/aromatic N) is 2. The summed E-state index contributed by atoms with van der Waals surface area (Å²) in [4.78, 5) is 24.2. The van der Waals surface area contributed by atoms with Crippen molar-refractivity contribution in [3.8, 4) is 5.75 Å². The number of carbonyl (C=O) groups excluding carboxylic acids is 2. The van der Waals surface area contributed by atoms with Crippen LogP contribution in [0.2, 0.25) is 0 Å². The van der Waals surface area contributed by atoms with Gasteiger partial charge in [0.15, 0.2) is 5.78 Å². The zero-order chi connectivity index (χ0) is 14.8. The number of amides is 1. The van der Waals surface area contributed by atoms with E-state index in [1.807, 2.05) is 0 Å². The molecule has 0 saturated heterocycles. The monoisotopic (exact) mass is 287 g/mol. The number of Topliss-reactive ketones (excluding diaryl/α,β-unsaturated/α-hetero) is 1. The molecule has 1 unspecified atom stereocenters. The lowest BCUT2D eigenvalue weighted by Crippen LogP contribution is -2.47. The third-order valence-corrected chi connectivity index (χ3v) is 3.28. The molecule has 1 aromatic heterocycles. The number of hydrogen-bond donors (Lipinski definition) is 1. The minimum Gasteiger partial charge on any atom is -0.490 e. The number of para-hydroxylation sites is 1. The second kappa shape index (κ2) is 5.35. The second-order valence-electron chi connectivity index (χ2n) is 4.76. The van der Waals surface area contributed by atoms with E-state index >= 15 is 0 Å². The Morgan fingerprint density at radius 2 is 2.19 bits per heavy atom. The van der Waals surface area contributed by atoms with Crippen LogP contribution in [0.15, 0.2) is 28.9 Å². The Balaban J connectivity index is 1.68. The van der Waals surface area contributed by atoms with Crippen molar-refractivity contribution >= 4 is 11.7 Å². The quantitative estimate of drug-likeness (QED) is 0.892. The summed E-state index contributed by atoms with van der Waals surface area (Å²) in [5, 5.41) is 9.90. The smallest absolute Gasteiger partial charge is 0.226 e. The molecule has 0 bridgehead atoms. The second-order valence-corrected chi connectivity index (χ2v) is 4.76. The maximum Gasteiger partial charge on any atom is 0.226 e. The summed E-state index contributed by atoms with van der Waals surface area (Å²) < 4.78 is 10.0. The molecule has 1 aliphatic rings. The SMILES string of the molecule is Cc1nonc1CC(=O)NC1COc2ccccc2C1=O. The number of carbonyl (C=O) groups is 2. The van der Waals surface area contributed by atoms with E-state index in [4.69, 9.17) is 4.74 Å². The fourth-order valence-electron chi connectivity index (χ4n) is 2.15. The number of hydrogen-bond acceptors (Lipinski definition) is 6. The van der Waals surface area contributed by atoms with Gasteiger partial charge in [-0.2, -0.15) is 0 Å². The minimum absolute atomic E-state index is 0.0146. The lowest BCUT2D eigenvalue weighted by Gasteiger charge is -2.24. The first-order valence-electron chi connectivity index (χ1n) is 6.48. The van der Waals surface area contributed by atoms with Crippen molar-refractivity contribution in [1.29, 1.82) is 0 Å². The lowest BCUT2D eigenvalue weighted by atomic mass is 10.0. The summed E-state index contributed by atoms with van der Waals surface area (Å²) >= 11 is 0. The van der Waals surface area contributed by atoms with Gasteiger partial charge in [0.05, 0.1) is 12.0 Å². The molecule has 7 nitrogen and oxygen atoms in total. The predicted octanol–water partition coefficient (Wildman–Crippen LogP) is 0.681. The number of fused-ring (bicyclic) bond motifs is 1. The molecule has 21 heavy (non-hydrogen) atoms. The Morgan fingerprint density at radius 3 is 2.95 bits per heavy atom. The molecule has 1 aliphatic heterocycles. The standard InChI is InChI=1S/C14H13N3O4/c1-8-10(17-21-16-8)6-13(18)15-11-7-20-12-5-3-2-4-9(12)14(11)19/h2-5,11H,6-7H2,1H3,(H,15,18). The Morgan fingerprint density at radius 1 is 1.38 bits per heavy atom. The largest absolute Gasteiger partial charge is 0.490 e. The predicted molar refractivity (Wildman–Crippen MR) is 70.9 cm³/mol. The van der Waals surface area contributed by atoms with Crippen LogP contribution >= 0.6 is 0 Å². The maximum atomic E-state index is 12.3. The third kappa shape index (κ3) is 2.62. The van der Waals surface area contributed by atoms with Crippen molar-refractivity contribution in [2.45, 2.75) is 19.4 Å². The molecule has 2 heterocycles. The molecule has 1 atom stereocenters. The average molecular weight is 287 g/mol. The molecule has 1 aromatic carbocycles. The van der Waals surface area contributed by atoms with E-state index in [1.54, 1.807) is 31.2 Å². The Kier molecular flexibility index (Phi) is 3.39. The van der Waals surface area contributed by atoms with E-state index < -0.39 is 6.04 Å². The first-order valence-corrected chi connectivity index (χ1v) is 6.48. The van der Waals surface area contributed by atoms with Crippen LogP contribution < -0.4 is 10.1 Å². The first-order chi connectivity index (χ1) is 10.1. The topological polar surface area (TPSA) is 94.3 Å². The molecule has 0 aliphatic carbocycles. The summed E-state index contributed by atoms with van der Waals surface area (Å²) in [5.41, 5.74) is 1.49. The van der Waals surface area contributed by atoms with Crippen molar-refractivity contribution < 1.29 is 19.0 Å². The zero-order valence-corrected chi connectivity index (χ0v) is 11.3. The Labute approximate surface area is 120 Å². The highest BCUT2D eigenvalue weighted by Crippen LogP contribution is 2.23. The molecule has 0 radical (unpaired) electrons. The first kappa shape index (κ1) is 13.3. The number of ether oxygens (including phenoxy) is 1. The molecule has 7 heteroatoms. The number of aryl methyl sites for hydroxylation is 1. The molecule has 0 fully saturated rings. The molecule has 2 aromatic rings. The number of benzene rings is 1. The third-order valence-electron chi connectivity index (χ3n) is 3.28. The van der Waals surface area contributed by atoms with Gasteiger partial charge < -0.3 is 10.1 Å². The van der Waals surface area contributed by atoms with Crippen molar-refractivity contribution in [2.75, 3.05) is 6.61 Å². The van der Waals surface area contributed by atoms with Crippen LogP contribution in [0.25, 0.3) is 0 Å². The van der Waals surface area contributed by atoms with Gasteiger partial charge in [0.1, 0.15) is 29.8 Å². The highest BCUT2D eigenvalue weighted by Gasteiger charge is 2.29. The van der Waals surface area contributed by atoms with E-state index in [1.165, 1.54) is 0 Å². The van der Waals surface area contributed by atoms with Crippen LogP contribution in [0.4, 0.5) is 0 Å². The van der Waals surface area contributed by atoms with Crippen LogP contribution in [0.1, 0.15) is 21.7 Å². The van der Waals surface area contributed by atoms with Crippen molar-refractivity contribution in [2.24, 2.45) is 0 Å². The summed E-state index contributed by atoms with van der Waals surface area (Å²) in [6.45, 7) is 1.82. The maximum absolute atomic E-state index is 12.3. The van der Waals surface area contributed by atoms with Crippen LogP contribution in [-0.2, 0) is 11.2 Å². The molecular weight excluding hydrogens is 274 g/mol. The lowest BCUT2D eigenvalue weighted by molar-refractivity contribution is -0.121. The number of rotatable bonds is 3. The highest BCUT2D eigenvalue weighted by molar-refractivity contribution is 6.05. The van der Waals surface area contributed by atoms with Crippen molar-refractivity contribution in [3.63, 3.8) is 0 Å². The van der Waals surface area contributed by atoms with Crippen LogP contribution in [-0.4, -0.2) is 34.7 Å². The molecule has 108 valence electrons. The summed E-state index contributed by atoms with van der Waals surface area (Å²) in [5.74, 6) is 0.0693. The minimum atomic E-state index is -0.687. The fraction of sp³-hybridized carbons (Fsp3) is 0.286. The summed E-state index contributed by atoms with van der Waals surface area (Å²) in [6, 6.07) is 6.28. The molecule has 3 rings (SSSR count). The van der Waals surface area contributed by atoms with Gasteiger partial charge in [0, 0.05) is 0 Å². The van der Waals surface area contributed by atoms with E-state index in [0.717, 1.165) is 0 Å². The molecule has 1 N–H and O–H groups in total. The van der Waals surface area contributed by atoms with E-state index in [9.17, 15) is 9.59 Å². The van der Waals surface area contributed by atoms with E-state index in [0.29, 0.717) is 22.7 Å². The van der Waals surface area contributed by atoms with Gasteiger partial charge in [-0.25, -0.2) is 4.63 Å². The number of aromatic nitrogens is 2. The summed E-state index contributed by atoms with van der Waals surface area (Å²) in [6.07, 6.45) is 0.0146. The van der Waals surface area contributed by atoms with Crippen molar-refractivity contribution in [1.82, 2.24) is 15.6 Å². The van der Waals surface area contributed by atoms with Gasteiger partial charge in [-0.1, -0.05) is 22.4 Å². The molecule has 0 saturated carbocycles. The van der Waals surface area contributed by atoms with E-state index in [2.05, 4.69) is 20.3 Å². The normalized spacial score (nSPS) is 17.0. The average Bonchev–Trinajstić information content (AvgIpc) is 2.87. The van der Waals surface area contributed by atoms with Crippen LogP contribution in [0, 0.1) is 6.92 Å². The van der Waals surface area contributed by atoms with Gasteiger partial charge in [0.25, 0.3) is 0 Å². The van der Waals surface area contributed by atoms with Gasteiger partial charge >= 0.3 is 0 Å². The number of nitrogens with one attached hydrogen (secondary N) is 1. The molecule has 0 spiro atoms. The fourth-order valence-corrected chi connectivity index (χ4v) is 2.15.